The zero-order chi connectivity index (χ0) is 14.8. The molecule has 1 aromatic heterocycles. The van der Waals surface area contributed by atoms with Gasteiger partial charge in [-0.25, -0.2) is 0 Å². The predicted molar refractivity (Wildman–Crippen MR) is 88.1 cm³/mol. The monoisotopic (exact) mass is 318 g/mol. The molecule has 1 unspecified atom stereocenters. The maximum absolute atomic E-state index is 10.3. The molecule has 0 aliphatic rings. The van der Waals surface area contributed by atoms with Gasteiger partial charge in [0.2, 0.25) is 0 Å². The molecular formula is C17H15ClO2S. The van der Waals surface area contributed by atoms with Crippen molar-refractivity contribution in [3.8, 4) is 0 Å². The Morgan fingerprint density at radius 1 is 1.19 bits per heavy atom. The van der Waals surface area contributed by atoms with E-state index in [9.17, 15) is 5.11 Å². The largest absolute Gasteiger partial charge is 0.458 e. The minimum absolute atomic E-state index is 0.554. The van der Waals surface area contributed by atoms with Crippen LogP contribution >= 0.6 is 23.4 Å². The third-order valence-corrected chi connectivity index (χ3v) is 4.80. The number of hydrogen-bond donors (Lipinski definition) is 1. The van der Waals surface area contributed by atoms with E-state index in [0.717, 1.165) is 11.0 Å². The molecule has 1 heterocycles. The number of rotatable bonds is 4. The molecule has 0 spiro atoms. The van der Waals surface area contributed by atoms with Crippen LogP contribution in [0.15, 0.2) is 57.8 Å². The van der Waals surface area contributed by atoms with Crippen LogP contribution in [0.25, 0.3) is 11.0 Å². The van der Waals surface area contributed by atoms with Crippen LogP contribution in [-0.4, -0.2) is 10.9 Å². The van der Waals surface area contributed by atoms with Crippen LogP contribution in [0.4, 0.5) is 0 Å². The molecule has 2 nitrogen and oxygen atoms in total. The average molecular weight is 319 g/mol. The lowest BCUT2D eigenvalue weighted by molar-refractivity contribution is 0.177. The van der Waals surface area contributed by atoms with Gasteiger partial charge >= 0.3 is 0 Å². The summed E-state index contributed by atoms with van der Waals surface area (Å²) in [4.78, 5) is 1.18. The lowest BCUT2D eigenvalue weighted by Crippen LogP contribution is -1.98. The van der Waals surface area contributed by atoms with Gasteiger partial charge in [0, 0.05) is 21.1 Å². The van der Waals surface area contributed by atoms with E-state index in [1.54, 1.807) is 17.8 Å². The molecule has 4 heteroatoms. The van der Waals surface area contributed by atoms with Crippen molar-refractivity contribution >= 4 is 34.3 Å². The summed E-state index contributed by atoms with van der Waals surface area (Å²) < 4.78 is 5.68. The SMILES string of the molecule is Cc1ccccc1SCC(O)c1cc2cc(Cl)ccc2o1. The van der Waals surface area contributed by atoms with Gasteiger partial charge in [-0.15, -0.1) is 11.8 Å². The first-order valence-electron chi connectivity index (χ1n) is 6.69. The number of furan rings is 1. The van der Waals surface area contributed by atoms with E-state index in [-0.39, 0.29) is 0 Å². The van der Waals surface area contributed by atoms with Crippen LogP contribution in [0.2, 0.25) is 5.02 Å². The molecule has 2 aromatic carbocycles. The molecule has 0 saturated carbocycles. The highest BCUT2D eigenvalue weighted by molar-refractivity contribution is 7.99. The Hall–Kier alpha value is -1.42. The number of aliphatic hydroxyl groups is 1. The first-order valence-corrected chi connectivity index (χ1v) is 8.05. The smallest absolute Gasteiger partial charge is 0.134 e. The van der Waals surface area contributed by atoms with Gasteiger partial charge in [-0.1, -0.05) is 29.8 Å². The van der Waals surface area contributed by atoms with Crippen molar-refractivity contribution in [1.82, 2.24) is 0 Å². The predicted octanol–water partition coefficient (Wildman–Crippen LogP) is 5.22. The normalized spacial score (nSPS) is 12.7. The van der Waals surface area contributed by atoms with Crippen molar-refractivity contribution < 1.29 is 9.52 Å². The van der Waals surface area contributed by atoms with Gasteiger partial charge in [0.15, 0.2) is 0 Å². The third kappa shape index (κ3) is 3.26. The lowest BCUT2D eigenvalue weighted by Gasteiger charge is -2.08. The van der Waals surface area contributed by atoms with Gasteiger partial charge in [-0.2, -0.15) is 0 Å². The van der Waals surface area contributed by atoms with Crippen molar-refractivity contribution in [1.29, 1.82) is 0 Å². The highest BCUT2D eigenvalue weighted by Gasteiger charge is 2.14. The maximum Gasteiger partial charge on any atom is 0.134 e. The number of benzene rings is 2. The summed E-state index contributed by atoms with van der Waals surface area (Å²) in [7, 11) is 0. The van der Waals surface area contributed by atoms with Gasteiger partial charge in [0.1, 0.15) is 17.4 Å². The van der Waals surface area contributed by atoms with Crippen LogP contribution in [0.5, 0.6) is 0 Å². The molecule has 3 rings (SSSR count). The van der Waals surface area contributed by atoms with Gasteiger partial charge < -0.3 is 9.52 Å². The van der Waals surface area contributed by atoms with Gasteiger partial charge in [-0.05, 0) is 42.8 Å². The summed E-state index contributed by atoms with van der Waals surface area (Å²) in [6.45, 7) is 2.07. The zero-order valence-corrected chi connectivity index (χ0v) is 13.1. The second-order valence-electron chi connectivity index (χ2n) is 4.92. The van der Waals surface area contributed by atoms with Crippen LogP contribution in [0.1, 0.15) is 17.4 Å². The standard InChI is InChI=1S/C17H15ClO2S/c1-11-4-2-3-5-17(11)21-10-14(19)16-9-12-8-13(18)6-7-15(12)20-16/h2-9,14,19H,10H2,1H3. The summed E-state index contributed by atoms with van der Waals surface area (Å²) in [6.07, 6.45) is -0.638. The molecule has 3 aromatic rings. The highest BCUT2D eigenvalue weighted by atomic mass is 35.5. The maximum atomic E-state index is 10.3. The van der Waals surface area contributed by atoms with Gasteiger partial charge in [0.05, 0.1) is 0 Å². The molecule has 0 fully saturated rings. The van der Waals surface area contributed by atoms with Crippen LogP contribution in [0, 0.1) is 6.92 Å². The minimum atomic E-state index is -0.638. The second-order valence-corrected chi connectivity index (χ2v) is 6.42. The van der Waals surface area contributed by atoms with Crippen molar-refractivity contribution in [2.24, 2.45) is 0 Å². The number of halogens is 1. The zero-order valence-electron chi connectivity index (χ0n) is 11.5. The molecule has 1 N–H and O–H groups in total. The van der Waals surface area contributed by atoms with E-state index >= 15 is 0 Å². The molecule has 0 radical (unpaired) electrons. The summed E-state index contributed by atoms with van der Waals surface area (Å²) in [5, 5.41) is 11.9. The van der Waals surface area contributed by atoms with Crippen LogP contribution in [-0.2, 0) is 0 Å². The van der Waals surface area contributed by atoms with Crippen molar-refractivity contribution in [2.45, 2.75) is 17.9 Å². The number of aliphatic hydroxyl groups excluding tert-OH is 1. The van der Waals surface area contributed by atoms with Crippen molar-refractivity contribution in [3.63, 3.8) is 0 Å². The molecule has 0 saturated heterocycles. The fraction of sp³-hybridized carbons (Fsp3) is 0.176. The van der Waals surface area contributed by atoms with E-state index in [0.29, 0.717) is 16.5 Å². The third-order valence-electron chi connectivity index (χ3n) is 3.32. The summed E-state index contributed by atoms with van der Waals surface area (Å²) in [5.74, 6) is 1.13. The number of hydrogen-bond acceptors (Lipinski definition) is 3. The quantitative estimate of drug-likeness (QED) is 0.669. The second kappa shape index (κ2) is 6.14. The number of aryl methyl sites for hydroxylation is 1. The molecule has 0 bridgehead atoms. The topological polar surface area (TPSA) is 33.4 Å². The number of thioether (sulfide) groups is 1. The Morgan fingerprint density at radius 3 is 2.81 bits per heavy atom. The molecule has 0 amide bonds. The Labute approximate surface area is 132 Å². The lowest BCUT2D eigenvalue weighted by atomic mass is 10.2. The highest BCUT2D eigenvalue weighted by Crippen LogP contribution is 2.30. The van der Waals surface area contributed by atoms with Gasteiger partial charge in [0.25, 0.3) is 0 Å². The summed E-state index contributed by atoms with van der Waals surface area (Å²) in [5.41, 5.74) is 1.96. The summed E-state index contributed by atoms with van der Waals surface area (Å²) in [6, 6.07) is 15.4. The van der Waals surface area contributed by atoms with E-state index in [1.165, 1.54) is 10.5 Å². The van der Waals surface area contributed by atoms with E-state index < -0.39 is 6.10 Å². The average Bonchev–Trinajstić information content (AvgIpc) is 2.89. The molecule has 21 heavy (non-hydrogen) atoms. The number of fused-ring (bicyclic) bond motifs is 1. The fourth-order valence-corrected chi connectivity index (χ4v) is 3.32. The summed E-state index contributed by atoms with van der Waals surface area (Å²) >= 11 is 7.58. The molecule has 1 atom stereocenters. The molecular weight excluding hydrogens is 304 g/mol. The Bertz CT molecular complexity index is 766. The molecule has 0 aliphatic heterocycles. The first-order chi connectivity index (χ1) is 10.1. The minimum Gasteiger partial charge on any atom is -0.458 e. The Kier molecular flexibility index (Phi) is 4.24. The van der Waals surface area contributed by atoms with E-state index in [1.807, 2.05) is 30.3 Å². The molecule has 0 aliphatic carbocycles. The van der Waals surface area contributed by atoms with E-state index in [4.69, 9.17) is 16.0 Å². The first kappa shape index (κ1) is 14.5. The van der Waals surface area contributed by atoms with Crippen LogP contribution in [0.3, 0.4) is 0 Å². The fourth-order valence-electron chi connectivity index (χ4n) is 2.17. The Balaban J connectivity index is 1.75. The van der Waals surface area contributed by atoms with Crippen LogP contribution < -0.4 is 0 Å². The molecule has 108 valence electrons. The van der Waals surface area contributed by atoms with Crippen molar-refractivity contribution in [3.05, 3.63) is 64.9 Å². The van der Waals surface area contributed by atoms with E-state index in [2.05, 4.69) is 19.1 Å². The van der Waals surface area contributed by atoms with Crippen molar-refractivity contribution in [2.75, 3.05) is 5.75 Å². The Morgan fingerprint density at radius 2 is 2.00 bits per heavy atom. The van der Waals surface area contributed by atoms with Gasteiger partial charge in [-0.3, -0.25) is 0 Å².